The molecule has 0 aromatic heterocycles. The molecule has 3 rings (SSSR count). The molecule has 0 atom stereocenters. The normalized spacial score (nSPS) is 10.8. The van der Waals surface area contributed by atoms with Crippen molar-refractivity contribution in [2.24, 2.45) is 0 Å². The van der Waals surface area contributed by atoms with Crippen LogP contribution in [-0.2, 0) is 25.7 Å². The Morgan fingerprint density at radius 2 is 0.963 bits per heavy atom. The van der Waals surface area contributed by atoms with Crippen molar-refractivity contribution in [1.82, 2.24) is 0 Å². The molecule has 0 aliphatic heterocycles. The van der Waals surface area contributed by atoms with Crippen LogP contribution in [-0.4, -0.2) is 25.5 Å². The zero-order valence-electron chi connectivity index (χ0n) is 14.8. The van der Waals surface area contributed by atoms with Crippen molar-refractivity contribution in [3.63, 3.8) is 0 Å². The lowest BCUT2D eigenvalue weighted by Gasteiger charge is -2.13. The number of phenolic OH excluding ortho intramolecular Hbond substituents is 5. The summed E-state index contributed by atoms with van der Waals surface area (Å²) in [5.41, 5.74) is 3.66. The average Bonchev–Trinajstić information content (AvgIpc) is 2.66. The van der Waals surface area contributed by atoms with Gasteiger partial charge >= 0.3 is 0 Å². The highest BCUT2D eigenvalue weighted by Gasteiger charge is 2.12. The Kier molecular flexibility index (Phi) is 5.41. The second-order valence-corrected chi connectivity index (χ2v) is 6.58. The third kappa shape index (κ3) is 4.44. The van der Waals surface area contributed by atoms with Gasteiger partial charge in [-0.05, 0) is 72.2 Å². The van der Waals surface area contributed by atoms with Crippen LogP contribution in [0.25, 0.3) is 0 Å². The van der Waals surface area contributed by atoms with E-state index in [1.807, 2.05) is 30.3 Å². The summed E-state index contributed by atoms with van der Waals surface area (Å²) in [7, 11) is 0. The minimum absolute atomic E-state index is 0.151. The van der Waals surface area contributed by atoms with E-state index < -0.39 is 5.75 Å². The van der Waals surface area contributed by atoms with Crippen LogP contribution in [0.1, 0.15) is 22.3 Å². The molecule has 0 unspecified atom stereocenters. The fourth-order valence-electron chi connectivity index (χ4n) is 3.14. The SMILES string of the molecule is Oc1cc(CCc2ccccc2)c(CCc2cc(O)c(O)c(O)c2)cc1O. The van der Waals surface area contributed by atoms with Gasteiger partial charge in [0.1, 0.15) is 0 Å². The van der Waals surface area contributed by atoms with E-state index in [9.17, 15) is 25.5 Å². The van der Waals surface area contributed by atoms with E-state index in [0.717, 1.165) is 17.5 Å². The molecule has 3 aromatic rings. The van der Waals surface area contributed by atoms with Crippen molar-refractivity contribution >= 4 is 0 Å². The van der Waals surface area contributed by atoms with Gasteiger partial charge in [-0.1, -0.05) is 30.3 Å². The number of aromatic hydroxyl groups is 5. The number of hydrogen-bond donors (Lipinski definition) is 5. The highest BCUT2D eigenvalue weighted by atomic mass is 16.3. The Hall–Kier alpha value is -3.34. The first-order chi connectivity index (χ1) is 12.9. The van der Waals surface area contributed by atoms with Crippen molar-refractivity contribution in [1.29, 1.82) is 0 Å². The summed E-state index contributed by atoms with van der Waals surface area (Å²) in [4.78, 5) is 0. The van der Waals surface area contributed by atoms with Crippen LogP contribution < -0.4 is 0 Å². The van der Waals surface area contributed by atoms with Crippen LogP contribution in [0, 0.1) is 0 Å². The summed E-state index contributed by atoms with van der Waals surface area (Å²) in [6.45, 7) is 0. The molecule has 0 radical (unpaired) electrons. The van der Waals surface area contributed by atoms with Crippen molar-refractivity contribution in [2.75, 3.05) is 0 Å². The summed E-state index contributed by atoms with van der Waals surface area (Å²) in [5.74, 6) is -1.61. The molecule has 5 nitrogen and oxygen atoms in total. The van der Waals surface area contributed by atoms with E-state index in [1.165, 1.54) is 17.7 Å². The molecule has 0 saturated heterocycles. The summed E-state index contributed by atoms with van der Waals surface area (Å²) in [6, 6.07) is 15.9. The zero-order valence-corrected chi connectivity index (χ0v) is 14.8. The van der Waals surface area contributed by atoms with Gasteiger partial charge in [0.2, 0.25) is 0 Å². The summed E-state index contributed by atoms with van der Waals surface area (Å²) < 4.78 is 0. The van der Waals surface area contributed by atoms with Gasteiger partial charge in [-0.3, -0.25) is 0 Å². The first-order valence-corrected chi connectivity index (χ1v) is 8.75. The van der Waals surface area contributed by atoms with Crippen LogP contribution >= 0.6 is 0 Å². The number of hydrogen-bond acceptors (Lipinski definition) is 5. The topological polar surface area (TPSA) is 101 Å². The standard InChI is InChI=1S/C22H22O5/c23-18-12-16(8-6-14-4-2-1-3-5-14)17(13-19(18)24)9-7-15-10-20(25)22(27)21(26)11-15/h1-5,10-13,23-27H,6-9H2. The van der Waals surface area contributed by atoms with E-state index in [1.54, 1.807) is 12.1 Å². The molecule has 5 N–H and O–H groups in total. The first kappa shape index (κ1) is 18.5. The van der Waals surface area contributed by atoms with E-state index in [4.69, 9.17) is 0 Å². The van der Waals surface area contributed by atoms with Gasteiger partial charge in [0.05, 0.1) is 0 Å². The van der Waals surface area contributed by atoms with Crippen LogP contribution in [0.3, 0.4) is 0 Å². The van der Waals surface area contributed by atoms with E-state index in [-0.39, 0.29) is 23.0 Å². The van der Waals surface area contributed by atoms with E-state index in [0.29, 0.717) is 24.8 Å². The fourth-order valence-corrected chi connectivity index (χ4v) is 3.14. The van der Waals surface area contributed by atoms with Gasteiger partial charge in [0.25, 0.3) is 0 Å². The van der Waals surface area contributed by atoms with Gasteiger partial charge < -0.3 is 25.5 Å². The molecule has 0 fully saturated rings. The molecule has 0 saturated carbocycles. The Morgan fingerprint density at radius 3 is 1.48 bits per heavy atom. The molecule has 0 spiro atoms. The van der Waals surface area contributed by atoms with Gasteiger partial charge in [-0.15, -0.1) is 0 Å². The van der Waals surface area contributed by atoms with Crippen LogP contribution in [0.15, 0.2) is 54.6 Å². The van der Waals surface area contributed by atoms with Gasteiger partial charge in [0.15, 0.2) is 28.7 Å². The predicted octanol–water partition coefficient (Wildman–Crippen LogP) is 3.79. The second-order valence-electron chi connectivity index (χ2n) is 6.58. The van der Waals surface area contributed by atoms with Crippen LogP contribution in [0.5, 0.6) is 28.7 Å². The highest BCUT2D eigenvalue weighted by Crippen LogP contribution is 2.36. The summed E-state index contributed by atoms with van der Waals surface area (Å²) in [6.07, 6.45) is 2.55. The van der Waals surface area contributed by atoms with Crippen LogP contribution in [0.2, 0.25) is 0 Å². The molecule has 140 valence electrons. The molecule has 0 aliphatic rings. The fraction of sp³-hybridized carbons (Fsp3) is 0.182. The molecule has 0 heterocycles. The average molecular weight is 366 g/mol. The minimum Gasteiger partial charge on any atom is -0.504 e. The molecule has 0 amide bonds. The molecule has 0 bridgehead atoms. The largest absolute Gasteiger partial charge is 0.504 e. The minimum atomic E-state index is -0.537. The lowest BCUT2D eigenvalue weighted by atomic mass is 9.94. The third-order valence-corrected chi connectivity index (χ3v) is 4.64. The number of rotatable bonds is 6. The van der Waals surface area contributed by atoms with Crippen molar-refractivity contribution < 1.29 is 25.5 Å². The molecular formula is C22H22O5. The number of phenols is 5. The zero-order chi connectivity index (χ0) is 19.4. The Morgan fingerprint density at radius 1 is 0.481 bits per heavy atom. The number of aryl methyl sites for hydroxylation is 4. The smallest absolute Gasteiger partial charge is 0.200 e. The number of benzene rings is 3. The maximum absolute atomic E-state index is 9.87. The van der Waals surface area contributed by atoms with E-state index >= 15 is 0 Å². The highest BCUT2D eigenvalue weighted by molar-refractivity contribution is 5.51. The maximum atomic E-state index is 9.87. The maximum Gasteiger partial charge on any atom is 0.200 e. The van der Waals surface area contributed by atoms with Gasteiger partial charge in [0, 0.05) is 0 Å². The summed E-state index contributed by atoms with van der Waals surface area (Å²) in [5, 5.41) is 48.5. The Labute approximate surface area is 157 Å². The van der Waals surface area contributed by atoms with Gasteiger partial charge in [-0.2, -0.15) is 0 Å². The van der Waals surface area contributed by atoms with Crippen LogP contribution in [0.4, 0.5) is 0 Å². The van der Waals surface area contributed by atoms with Crippen molar-refractivity contribution in [3.05, 3.63) is 76.9 Å². The first-order valence-electron chi connectivity index (χ1n) is 8.75. The van der Waals surface area contributed by atoms with Crippen molar-refractivity contribution in [2.45, 2.75) is 25.7 Å². The van der Waals surface area contributed by atoms with Gasteiger partial charge in [-0.25, -0.2) is 0 Å². The molecule has 5 heteroatoms. The second kappa shape index (κ2) is 7.91. The lowest BCUT2D eigenvalue weighted by Crippen LogP contribution is -2.00. The lowest BCUT2D eigenvalue weighted by molar-refractivity contribution is 0.367. The Bertz CT molecular complexity index is 912. The molecule has 27 heavy (non-hydrogen) atoms. The quantitative estimate of drug-likeness (QED) is 0.427. The molecule has 0 aliphatic carbocycles. The predicted molar refractivity (Wildman–Crippen MR) is 102 cm³/mol. The third-order valence-electron chi connectivity index (χ3n) is 4.64. The summed E-state index contributed by atoms with van der Waals surface area (Å²) >= 11 is 0. The molecular weight excluding hydrogens is 344 g/mol. The van der Waals surface area contributed by atoms with Crippen molar-refractivity contribution in [3.8, 4) is 28.7 Å². The van der Waals surface area contributed by atoms with E-state index in [2.05, 4.69) is 0 Å². The molecule has 3 aromatic carbocycles. The monoisotopic (exact) mass is 366 g/mol. The Balaban J connectivity index is 1.78.